The van der Waals surface area contributed by atoms with Crippen molar-refractivity contribution in [2.45, 2.75) is 25.7 Å². The van der Waals surface area contributed by atoms with Crippen LogP contribution in [0, 0.1) is 11.3 Å². The summed E-state index contributed by atoms with van der Waals surface area (Å²) in [5.41, 5.74) is 1.75. The van der Waals surface area contributed by atoms with Gasteiger partial charge >= 0.3 is 0 Å². The summed E-state index contributed by atoms with van der Waals surface area (Å²) in [6.45, 7) is 2.10. The van der Waals surface area contributed by atoms with Gasteiger partial charge in [-0.3, -0.25) is 0 Å². The zero-order valence-electron chi connectivity index (χ0n) is 11.0. The molecule has 0 bridgehead atoms. The second kappa shape index (κ2) is 5.39. The molecule has 0 amide bonds. The lowest BCUT2D eigenvalue weighted by atomic mass is 10.1. The van der Waals surface area contributed by atoms with E-state index in [2.05, 4.69) is 32.9 Å². The molecule has 6 heteroatoms. The smallest absolute Gasteiger partial charge is 0.141 e. The topological polar surface area (TPSA) is 78.2 Å². The number of nitriles is 1. The van der Waals surface area contributed by atoms with Crippen LogP contribution in [0.3, 0.4) is 0 Å². The van der Waals surface area contributed by atoms with Crippen molar-refractivity contribution < 1.29 is 0 Å². The highest BCUT2D eigenvalue weighted by Gasteiger charge is 2.14. The Kier molecular flexibility index (Phi) is 3.44. The molecular formula is C14H13N5S. The summed E-state index contributed by atoms with van der Waals surface area (Å²) in [7, 11) is 0. The Balaban J connectivity index is 1.94. The molecule has 0 fully saturated rings. The Bertz CT molecular complexity index is 767. The lowest BCUT2D eigenvalue weighted by molar-refractivity contribution is 0.690. The molecule has 0 spiro atoms. The molecule has 1 N–H and O–H groups in total. The van der Waals surface area contributed by atoms with Crippen LogP contribution in [0.4, 0.5) is 0 Å². The van der Waals surface area contributed by atoms with Crippen LogP contribution in [0.25, 0.3) is 21.6 Å². The number of rotatable bonds is 4. The lowest BCUT2D eigenvalue weighted by Crippen LogP contribution is -1.90. The van der Waals surface area contributed by atoms with Crippen molar-refractivity contribution in [3.63, 3.8) is 0 Å². The van der Waals surface area contributed by atoms with Gasteiger partial charge in [-0.25, -0.2) is 15.0 Å². The number of fused-ring (bicyclic) bond motifs is 1. The van der Waals surface area contributed by atoms with E-state index in [1.54, 1.807) is 17.7 Å². The highest BCUT2D eigenvalue weighted by atomic mass is 32.1. The SMILES string of the molecule is CC(CCC#N)c1ncc(-c2ncnc3[nH]ccc23)s1. The van der Waals surface area contributed by atoms with E-state index in [1.165, 1.54) is 0 Å². The Hall–Kier alpha value is -2.26. The van der Waals surface area contributed by atoms with Gasteiger partial charge in [0.05, 0.1) is 21.6 Å². The number of aromatic nitrogens is 4. The van der Waals surface area contributed by atoms with Crippen molar-refractivity contribution in [2.75, 3.05) is 0 Å². The van der Waals surface area contributed by atoms with E-state index in [-0.39, 0.29) is 0 Å². The van der Waals surface area contributed by atoms with Crippen molar-refractivity contribution in [3.05, 3.63) is 29.8 Å². The second-order valence-electron chi connectivity index (χ2n) is 4.62. The van der Waals surface area contributed by atoms with Crippen LogP contribution in [-0.4, -0.2) is 19.9 Å². The minimum absolute atomic E-state index is 0.303. The van der Waals surface area contributed by atoms with Crippen LogP contribution in [0.1, 0.15) is 30.7 Å². The maximum absolute atomic E-state index is 8.65. The molecule has 3 heterocycles. The predicted molar refractivity (Wildman–Crippen MR) is 78.3 cm³/mol. The van der Waals surface area contributed by atoms with Gasteiger partial charge in [-0.1, -0.05) is 6.92 Å². The van der Waals surface area contributed by atoms with E-state index in [4.69, 9.17) is 5.26 Å². The summed E-state index contributed by atoms with van der Waals surface area (Å²) < 4.78 is 0. The monoisotopic (exact) mass is 283 g/mol. The summed E-state index contributed by atoms with van der Waals surface area (Å²) in [4.78, 5) is 17.2. The quantitative estimate of drug-likeness (QED) is 0.795. The van der Waals surface area contributed by atoms with E-state index in [9.17, 15) is 0 Å². The third kappa shape index (κ3) is 2.28. The highest BCUT2D eigenvalue weighted by molar-refractivity contribution is 7.15. The summed E-state index contributed by atoms with van der Waals surface area (Å²) in [6.07, 6.45) is 6.68. The van der Waals surface area contributed by atoms with Gasteiger partial charge in [0.25, 0.3) is 0 Å². The zero-order valence-corrected chi connectivity index (χ0v) is 11.8. The Labute approximate surface area is 120 Å². The van der Waals surface area contributed by atoms with Gasteiger partial charge in [-0.05, 0) is 12.5 Å². The standard InChI is InChI=1S/C14H13N5S/c1-9(3-2-5-15)14-17-7-11(20-14)12-10-4-6-16-13(10)19-8-18-12/h4,6-9H,2-3H2,1H3,(H,16,18,19). The van der Waals surface area contributed by atoms with Crippen LogP contribution in [0.2, 0.25) is 0 Å². The molecule has 3 rings (SSSR count). The number of hydrogen-bond donors (Lipinski definition) is 1. The fraction of sp³-hybridized carbons (Fsp3) is 0.286. The maximum Gasteiger partial charge on any atom is 0.141 e. The van der Waals surface area contributed by atoms with Crippen LogP contribution in [-0.2, 0) is 0 Å². The average molecular weight is 283 g/mol. The molecule has 20 heavy (non-hydrogen) atoms. The number of H-pyrrole nitrogens is 1. The molecule has 1 atom stereocenters. The van der Waals surface area contributed by atoms with Crippen molar-refractivity contribution >= 4 is 22.4 Å². The predicted octanol–water partition coefficient (Wildman–Crippen LogP) is 3.49. The molecule has 0 aliphatic rings. The summed E-state index contributed by atoms with van der Waals surface area (Å²) >= 11 is 1.64. The van der Waals surface area contributed by atoms with E-state index >= 15 is 0 Å². The minimum atomic E-state index is 0.303. The molecule has 0 saturated carbocycles. The molecule has 5 nitrogen and oxygen atoms in total. The van der Waals surface area contributed by atoms with E-state index < -0.39 is 0 Å². The maximum atomic E-state index is 8.65. The first-order valence-corrected chi connectivity index (χ1v) is 7.22. The summed E-state index contributed by atoms with van der Waals surface area (Å²) in [6, 6.07) is 4.16. The van der Waals surface area contributed by atoms with Crippen molar-refractivity contribution in [3.8, 4) is 16.6 Å². The van der Waals surface area contributed by atoms with Gasteiger partial charge in [0, 0.05) is 30.1 Å². The van der Waals surface area contributed by atoms with Crippen LogP contribution in [0.15, 0.2) is 24.8 Å². The van der Waals surface area contributed by atoms with Crippen LogP contribution < -0.4 is 0 Å². The number of hydrogen-bond acceptors (Lipinski definition) is 5. The number of nitrogens with zero attached hydrogens (tertiary/aromatic N) is 4. The molecule has 0 aliphatic carbocycles. The largest absolute Gasteiger partial charge is 0.346 e. The molecule has 1 unspecified atom stereocenters. The first-order chi connectivity index (χ1) is 9.79. The van der Waals surface area contributed by atoms with Gasteiger partial charge < -0.3 is 4.98 Å². The molecule has 0 aliphatic heterocycles. The molecule has 0 saturated heterocycles. The molecule has 0 radical (unpaired) electrons. The van der Waals surface area contributed by atoms with E-state index in [0.717, 1.165) is 33.0 Å². The van der Waals surface area contributed by atoms with Crippen LogP contribution in [0.5, 0.6) is 0 Å². The molecular weight excluding hydrogens is 270 g/mol. The fourth-order valence-electron chi connectivity index (χ4n) is 2.10. The molecule has 0 aromatic carbocycles. The summed E-state index contributed by atoms with van der Waals surface area (Å²) in [5, 5.41) is 10.7. The van der Waals surface area contributed by atoms with Gasteiger partial charge in [-0.2, -0.15) is 5.26 Å². The van der Waals surface area contributed by atoms with Crippen LogP contribution >= 0.6 is 11.3 Å². The van der Waals surface area contributed by atoms with Gasteiger partial charge in [0.2, 0.25) is 0 Å². The van der Waals surface area contributed by atoms with Crippen molar-refractivity contribution in [2.24, 2.45) is 0 Å². The van der Waals surface area contributed by atoms with E-state index in [1.807, 2.05) is 18.5 Å². The number of aromatic amines is 1. The second-order valence-corrected chi connectivity index (χ2v) is 5.69. The fourth-order valence-corrected chi connectivity index (χ4v) is 3.11. The number of thiazole rings is 1. The van der Waals surface area contributed by atoms with Crippen molar-refractivity contribution in [1.82, 2.24) is 19.9 Å². The Morgan fingerprint density at radius 2 is 2.30 bits per heavy atom. The lowest BCUT2D eigenvalue weighted by Gasteiger charge is -2.03. The Morgan fingerprint density at radius 3 is 3.15 bits per heavy atom. The average Bonchev–Trinajstić information content (AvgIpc) is 3.12. The Morgan fingerprint density at radius 1 is 1.40 bits per heavy atom. The minimum Gasteiger partial charge on any atom is -0.346 e. The third-order valence-corrected chi connectivity index (χ3v) is 4.46. The summed E-state index contributed by atoms with van der Waals surface area (Å²) in [5.74, 6) is 0.303. The normalized spacial score (nSPS) is 12.4. The molecule has 100 valence electrons. The third-order valence-electron chi connectivity index (χ3n) is 3.22. The number of nitrogens with one attached hydrogen (secondary N) is 1. The van der Waals surface area contributed by atoms with E-state index in [0.29, 0.717) is 12.3 Å². The zero-order chi connectivity index (χ0) is 13.9. The van der Waals surface area contributed by atoms with Gasteiger partial charge in [-0.15, -0.1) is 11.3 Å². The molecule has 3 aromatic heterocycles. The van der Waals surface area contributed by atoms with Crippen molar-refractivity contribution in [1.29, 1.82) is 5.26 Å². The highest BCUT2D eigenvalue weighted by Crippen LogP contribution is 2.33. The van der Waals surface area contributed by atoms with Gasteiger partial charge in [0.1, 0.15) is 12.0 Å². The first-order valence-electron chi connectivity index (χ1n) is 6.40. The van der Waals surface area contributed by atoms with Gasteiger partial charge in [0.15, 0.2) is 0 Å². The first kappa shape index (κ1) is 12.8. The molecule has 3 aromatic rings.